The zero-order chi connectivity index (χ0) is 14.5. The molecule has 1 aliphatic heterocycles. The van der Waals surface area contributed by atoms with Gasteiger partial charge in [0.2, 0.25) is 0 Å². The van der Waals surface area contributed by atoms with E-state index in [0.29, 0.717) is 0 Å². The summed E-state index contributed by atoms with van der Waals surface area (Å²) >= 11 is 0. The Bertz CT molecular complexity index is 511. The van der Waals surface area contributed by atoms with E-state index in [0.717, 1.165) is 18.3 Å². The van der Waals surface area contributed by atoms with Crippen molar-refractivity contribution in [3.63, 3.8) is 0 Å². The lowest BCUT2D eigenvalue weighted by molar-refractivity contribution is 0.00578. The summed E-state index contributed by atoms with van der Waals surface area (Å²) in [5, 5.41) is 0. The van der Waals surface area contributed by atoms with Crippen LogP contribution in [0.15, 0.2) is 18.2 Å². The molecule has 1 fully saturated rings. The van der Waals surface area contributed by atoms with Crippen molar-refractivity contribution in [2.45, 2.75) is 64.2 Å². The van der Waals surface area contributed by atoms with Crippen LogP contribution in [0, 0.1) is 0 Å². The second-order valence-corrected chi connectivity index (χ2v) is 7.01. The minimum atomic E-state index is -0.306. The molecule has 2 aliphatic rings. The summed E-state index contributed by atoms with van der Waals surface area (Å²) in [6.07, 6.45) is 3.32. The number of benzene rings is 1. The van der Waals surface area contributed by atoms with E-state index in [1.807, 2.05) is 0 Å². The van der Waals surface area contributed by atoms with E-state index in [2.05, 4.69) is 45.9 Å². The van der Waals surface area contributed by atoms with Crippen LogP contribution in [0.2, 0.25) is 0 Å². The van der Waals surface area contributed by atoms with Crippen LogP contribution in [0.25, 0.3) is 0 Å². The van der Waals surface area contributed by atoms with E-state index in [1.165, 1.54) is 17.5 Å². The molecular formula is C16H24BNO2. The topological polar surface area (TPSA) is 44.5 Å². The number of hydrogen-bond donors (Lipinski definition) is 1. The van der Waals surface area contributed by atoms with Crippen LogP contribution in [0.5, 0.6) is 0 Å². The molecule has 3 nitrogen and oxygen atoms in total. The van der Waals surface area contributed by atoms with Gasteiger partial charge in [0.1, 0.15) is 0 Å². The van der Waals surface area contributed by atoms with Gasteiger partial charge in [-0.2, -0.15) is 0 Å². The lowest BCUT2D eigenvalue weighted by Gasteiger charge is -2.32. The zero-order valence-electron chi connectivity index (χ0n) is 12.9. The smallest absolute Gasteiger partial charge is 0.399 e. The minimum absolute atomic E-state index is 0.106. The normalized spacial score (nSPS) is 27.4. The van der Waals surface area contributed by atoms with Crippen LogP contribution in [-0.4, -0.2) is 18.3 Å². The summed E-state index contributed by atoms with van der Waals surface area (Å²) in [5.74, 6) is 0. The summed E-state index contributed by atoms with van der Waals surface area (Å²) in [7, 11) is -0.306. The van der Waals surface area contributed by atoms with Gasteiger partial charge in [-0.3, -0.25) is 0 Å². The number of rotatable bonds is 1. The van der Waals surface area contributed by atoms with Crippen LogP contribution in [0.3, 0.4) is 0 Å². The fraction of sp³-hybridized carbons (Fsp3) is 0.625. The van der Waals surface area contributed by atoms with Crippen molar-refractivity contribution < 1.29 is 9.31 Å². The number of fused-ring (bicyclic) bond motifs is 1. The molecule has 3 rings (SSSR count). The van der Waals surface area contributed by atoms with Crippen molar-refractivity contribution in [2.75, 3.05) is 0 Å². The Balaban J connectivity index is 2.01. The van der Waals surface area contributed by atoms with Gasteiger partial charge in [-0.25, -0.2) is 0 Å². The molecule has 20 heavy (non-hydrogen) atoms. The van der Waals surface area contributed by atoms with Gasteiger partial charge < -0.3 is 15.0 Å². The highest BCUT2D eigenvalue weighted by Gasteiger charge is 2.52. The predicted molar refractivity (Wildman–Crippen MR) is 82.0 cm³/mol. The van der Waals surface area contributed by atoms with Gasteiger partial charge in [-0.1, -0.05) is 18.2 Å². The maximum Gasteiger partial charge on any atom is 0.495 e. The van der Waals surface area contributed by atoms with Crippen LogP contribution < -0.4 is 11.2 Å². The highest BCUT2D eigenvalue weighted by atomic mass is 16.7. The first kappa shape index (κ1) is 14.1. The first-order valence-electron chi connectivity index (χ1n) is 7.55. The average molecular weight is 273 g/mol. The first-order chi connectivity index (χ1) is 9.32. The largest absolute Gasteiger partial charge is 0.495 e. The average Bonchev–Trinajstić information content (AvgIpc) is 2.58. The molecule has 0 saturated carbocycles. The van der Waals surface area contributed by atoms with Gasteiger partial charge in [-0.15, -0.1) is 0 Å². The maximum absolute atomic E-state index is 6.34. The van der Waals surface area contributed by atoms with Gasteiger partial charge in [0.05, 0.1) is 11.2 Å². The standard InChI is InChI=1S/C16H24BNO2/c1-15(2)16(3,4)20-17(19-15)12-9-5-7-11-8-6-10-13(18)14(11)12/h5,7,9,13H,6,8,10,18H2,1-4H3. The second kappa shape index (κ2) is 4.59. The molecule has 2 N–H and O–H groups in total. The van der Waals surface area contributed by atoms with Gasteiger partial charge in [-0.05, 0) is 63.5 Å². The maximum atomic E-state index is 6.34. The molecule has 1 aromatic carbocycles. The van der Waals surface area contributed by atoms with Gasteiger partial charge in [0.15, 0.2) is 0 Å². The van der Waals surface area contributed by atoms with Crippen LogP contribution in [0.1, 0.15) is 57.7 Å². The monoisotopic (exact) mass is 273 g/mol. The Kier molecular flexibility index (Phi) is 3.24. The molecule has 0 spiro atoms. The first-order valence-corrected chi connectivity index (χ1v) is 7.55. The fourth-order valence-electron chi connectivity index (χ4n) is 3.14. The van der Waals surface area contributed by atoms with E-state index in [4.69, 9.17) is 15.0 Å². The van der Waals surface area contributed by atoms with E-state index in [1.54, 1.807) is 0 Å². The van der Waals surface area contributed by atoms with Crippen molar-refractivity contribution in [1.82, 2.24) is 0 Å². The molecule has 0 radical (unpaired) electrons. The van der Waals surface area contributed by atoms with E-state index < -0.39 is 0 Å². The molecule has 1 heterocycles. The summed E-state index contributed by atoms with van der Waals surface area (Å²) in [5.41, 5.74) is 9.45. The third-order valence-corrected chi connectivity index (χ3v) is 5.07. The Morgan fingerprint density at radius 3 is 2.45 bits per heavy atom. The summed E-state index contributed by atoms with van der Waals surface area (Å²) < 4.78 is 12.4. The third-order valence-electron chi connectivity index (χ3n) is 5.07. The highest BCUT2D eigenvalue weighted by Crippen LogP contribution is 2.37. The van der Waals surface area contributed by atoms with Crippen LogP contribution >= 0.6 is 0 Å². The Hall–Kier alpha value is -0.835. The molecule has 1 atom stereocenters. The molecule has 1 aromatic rings. The molecule has 108 valence electrons. The Morgan fingerprint density at radius 2 is 1.80 bits per heavy atom. The molecule has 0 amide bonds. The number of hydrogen-bond acceptors (Lipinski definition) is 3. The molecule has 1 aliphatic carbocycles. The van der Waals surface area contributed by atoms with E-state index in [-0.39, 0.29) is 24.4 Å². The van der Waals surface area contributed by atoms with E-state index >= 15 is 0 Å². The lowest BCUT2D eigenvalue weighted by Crippen LogP contribution is -2.41. The fourth-order valence-corrected chi connectivity index (χ4v) is 3.14. The number of nitrogens with two attached hydrogens (primary N) is 1. The van der Waals surface area contributed by atoms with Crippen LogP contribution in [-0.2, 0) is 15.7 Å². The second-order valence-electron chi connectivity index (χ2n) is 7.01. The quantitative estimate of drug-likeness (QED) is 0.799. The minimum Gasteiger partial charge on any atom is -0.399 e. The lowest BCUT2D eigenvalue weighted by atomic mass is 9.70. The molecule has 1 saturated heterocycles. The summed E-state index contributed by atoms with van der Waals surface area (Å²) in [4.78, 5) is 0. The Labute approximate surface area is 122 Å². The summed E-state index contributed by atoms with van der Waals surface area (Å²) in [6, 6.07) is 6.49. The van der Waals surface area contributed by atoms with Crippen LogP contribution in [0.4, 0.5) is 0 Å². The SMILES string of the molecule is CC1(C)OB(c2cccc3c2C(N)CCC3)OC1(C)C. The predicted octanol–water partition coefficient (Wildman–Crippen LogP) is 2.32. The molecule has 1 unspecified atom stereocenters. The van der Waals surface area contributed by atoms with Crippen molar-refractivity contribution >= 4 is 12.6 Å². The molecule has 4 heteroatoms. The van der Waals surface area contributed by atoms with Crippen molar-refractivity contribution in [2.24, 2.45) is 5.73 Å². The van der Waals surface area contributed by atoms with Gasteiger partial charge >= 0.3 is 7.12 Å². The van der Waals surface area contributed by atoms with Gasteiger partial charge in [0, 0.05) is 6.04 Å². The van der Waals surface area contributed by atoms with E-state index in [9.17, 15) is 0 Å². The van der Waals surface area contributed by atoms with Crippen molar-refractivity contribution in [1.29, 1.82) is 0 Å². The summed E-state index contributed by atoms with van der Waals surface area (Å²) in [6.45, 7) is 8.34. The molecule has 0 aromatic heterocycles. The third kappa shape index (κ3) is 2.10. The van der Waals surface area contributed by atoms with Crippen molar-refractivity contribution in [3.8, 4) is 0 Å². The Morgan fingerprint density at radius 1 is 1.15 bits per heavy atom. The van der Waals surface area contributed by atoms with Crippen molar-refractivity contribution in [3.05, 3.63) is 29.3 Å². The number of aryl methyl sites for hydroxylation is 1. The van der Waals surface area contributed by atoms with Gasteiger partial charge in [0.25, 0.3) is 0 Å². The highest BCUT2D eigenvalue weighted by molar-refractivity contribution is 6.62. The molecule has 0 bridgehead atoms. The molecular weight excluding hydrogens is 249 g/mol. The zero-order valence-corrected chi connectivity index (χ0v) is 12.9.